The van der Waals surface area contributed by atoms with Crippen molar-refractivity contribution in [3.05, 3.63) is 60.7 Å². The van der Waals surface area contributed by atoms with E-state index in [1.54, 1.807) is 0 Å². The summed E-state index contributed by atoms with van der Waals surface area (Å²) in [5, 5.41) is 2.32. The number of ketones is 1. The van der Waals surface area contributed by atoms with Crippen LogP contribution in [0, 0.1) is 0 Å². The molecule has 2 aromatic rings. The van der Waals surface area contributed by atoms with Crippen molar-refractivity contribution in [2.24, 2.45) is 0 Å². The molecule has 0 radical (unpaired) electrons. The summed E-state index contributed by atoms with van der Waals surface area (Å²) in [4.78, 5) is 15.4. The highest BCUT2D eigenvalue weighted by atomic mass is 28.4. The van der Waals surface area contributed by atoms with E-state index in [0.29, 0.717) is 13.0 Å². The van der Waals surface area contributed by atoms with Crippen LogP contribution < -0.4 is 10.4 Å². The molecule has 2 aromatic carbocycles. The fourth-order valence-corrected chi connectivity index (χ4v) is 9.06. The van der Waals surface area contributed by atoms with Gasteiger partial charge in [0.25, 0.3) is 8.32 Å². The third-order valence-corrected chi connectivity index (χ3v) is 11.1. The molecule has 0 saturated carbocycles. The van der Waals surface area contributed by atoms with Crippen LogP contribution in [-0.4, -0.2) is 43.7 Å². The standard InChI is InChI=1S/C25H35NO2Si/c1-24(2,3)26-18-17-22(27)23(19-26)28-29(25(4,5)6,20-13-9-7-10-14-20)21-15-11-8-12-16-21/h7-16,23H,17-19H2,1-6H3. The van der Waals surface area contributed by atoms with Gasteiger partial charge in [-0.15, -0.1) is 0 Å². The fourth-order valence-electron chi connectivity index (χ4n) is 4.42. The Hall–Kier alpha value is -1.75. The van der Waals surface area contributed by atoms with E-state index in [1.165, 1.54) is 10.4 Å². The Balaban J connectivity index is 2.12. The first-order valence-corrected chi connectivity index (χ1v) is 12.5. The van der Waals surface area contributed by atoms with Gasteiger partial charge in [0, 0.05) is 25.0 Å². The molecular formula is C25H35NO2Si. The maximum absolute atomic E-state index is 13.0. The summed E-state index contributed by atoms with van der Waals surface area (Å²) >= 11 is 0. The summed E-state index contributed by atoms with van der Waals surface area (Å²) in [6, 6.07) is 21.1. The molecule has 1 aliphatic heterocycles. The smallest absolute Gasteiger partial charge is 0.262 e. The van der Waals surface area contributed by atoms with E-state index < -0.39 is 14.4 Å². The summed E-state index contributed by atoms with van der Waals surface area (Å²) in [6.45, 7) is 14.9. The Labute approximate surface area is 177 Å². The Morgan fingerprint density at radius 1 is 0.862 bits per heavy atom. The average Bonchev–Trinajstić information content (AvgIpc) is 2.67. The highest BCUT2D eigenvalue weighted by Crippen LogP contribution is 2.38. The number of piperidine rings is 1. The van der Waals surface area contributed by atoms with Crippen molar-refractivity contribution in [3.63, 3.8) is 0 Å². The van der Waals surface area contributed by atoms with Crippen LogP contribution in [0.3, 0.4) is 0 Å². The Bertz CT molecular complexity index is 782. The van der Waals surface area contributed by atoms with Gasteiger partial charge in [0.05, 0.1) is 0 Å². The third-order valence-electron chi connectivity index (χ3n) is 6.06. The fraction of sp³-hybridized carbons (Fsp3) is 0.480. The largest absolute Gasteiger partial charge is 0.396 e. The van der Waals surface area contributed by atoms with Crippen molar-refractivity contribution in [2.45, 2.75) is 64.6 Å². The highest BCUT2D eigenvalue weighted by Gasteiger charge is 2.52. The van der Waals surface area contributed by atoms with Crippen LogP contribution in [0.1, 0.15) is 48.0 Å². The van der Waals surface area contributed by atoms with Gasteiger partial charge < -0.3 is 4.43 Å². The molecule has 0 spiro atoms. The molecular weight excluding hydrogens is 374 g/mol. The van der Waals surface area contributed by atoms with E-state index in [4.69, 9.17) is 4.43 Å². The summed E-state index contributed by atoms with van der Waals surface area (Å²) in [5.74, 6) is 0.235. The van der Waals surface area contributed by atoms with Crippen LogP contribution in [0.5, 0.6) is 0 Å². The summed E-state index contributed by atoms with van der Waals surface area (Å²) in [7, 11) is -2.71. The normalized spacial score (nSPS) is 19.4. The van der Waals surface area contributed by atoms with Crippen LogP contribution in [0.2, 0.25) is 5.04 Å². The molecule has 1 heterocycles. The van der Waals surface area contributed by atoms with Gasteiger partial charge in [-0.25, -0.2) is 0 Å². The number of likely N-dealkylation sites (tertiary alicyclic amines) is 1. The van der Waals surface area contributed by atoms with Gasteiger partial charge in [-0.1, -0.05) is 81.4 Å². The average molecular weight is 410 g/mol. The molecule has 1 aliphatic rings. The molecule has 29 heavy (non-hydrogen) atoms. The molecule has 0 amide bonds. The zero-order valence-electron chi connectivity index (χ0n) is 18.7. The van der Waals surface area contributed by atoms with Gasteiger partial charge in [0.2, 0.25) is 0 Å². The maximum atomic E-state index is 13.0. The van der Waals surface area contributed by atoms with Crippen LogP contribution >= 0.6 is 0 Å². The van der Waals surface area contributed by atoms with Crippen LogP contribution in [-0.2, 0) is 9.22 Å². The van der Waals surface area contributed by atoms with Gasteiger partial charge in [0.1, 0.15) is 6.10 Å². The number of benzene rings is 2. The Kier molecular flexibility index (Phi) is 6.18. The second-order valence-electron chi connectivity index (χ2n) is 10.1. The first kappa shape index (κ1) is 21.9. The van der Waals surface area contributed by atoms with Gasteiger partial charge in [-0.3, -0.25) is 9.69 Å². The number of rotatable bonds is 4. The lowest BCUT2D eigenvalue weighted by Crippen LogP contribution is -2.69. The summed E-state index contributed by atoms with van der Waals surface area (Å²) < 4.78 is 7.10. The van der Waals surface area contributed by atoms with E-state index in [9.17, 15) is 4.79 Å². The molecule has 4 heteroatoms. The van der Waals surface area contributed by atoms with Crippen molar-refractivity contribution in [1.82, 2.24) is 4.90 Å². The molecule has 3 rings (SSSR count). The zero-order valence-corrected chi connectivity index (χ0v) is 19.7. The molecule has 0 aromatic heterocycles. The van der Waals surface area contributed by atoms with Crippen molar-refractivity contribution in [2.75, 3.05) is 13.1 Å². The summed E-state index contributed by atoms with van der Waals surface area (Å²) in [6.07, 6.45) is 0.162. The van der Waals surface area contributed by atoms with Gasteiger partial charge in [-0.2, -0.15) is 0 Å². The van der Waals surface area contributed by atoms with E-state index in [0.717, 1.165) is 6.54 Å². The lowest BCUT2D eigenvalue weighted by atomic mass is 9.99. The van der Waals surface area contributed by atoms with Crippen molar-refractivity contribution >= 4 is 24.5 Å². The lowest BCUT2D eigenvalue weighted by molar-refractivity contribution is -0.132. The van der Waals surface area contributed by atoms with E-state index in [1.807, 2.05) is 12.1 Å². The number of hydrogen-bond donors (Lipinski definition) is 0. The number of Topliss-reactive ketones (excluding diaryl/α,β-unsaturated/α-hetero) is 1. The number of hydrogen-bond acceptors (Lipinski definition) is 3. The zero-order chi connectivity index (χ0) is 21.3. The topological polar surface area (TPSA) is 29.5 Å². The second-order valence-corrected chi connectivity index (χ2v) is 14.4. The minimum atomic E-state index is -2.71. The lowest BCUT2D eigenvalue weighted by Gasteiger charge is -2.48. The SMILES string of the molecule is CC(C)(C)N1CCC(=O)C(O[Si](c2ccccc2)(c2ccccc2)C(C)(C)C)C1. The molecule has 1 unspecified atom stereocenters. The number of carbonyl (C=O) groups is 1. The highest BCUT2D eigenvalue weighted by molar-refractivity contribution is 6.99. The maximum Gasteiger partial charge on any atom is 0.262 e. The molecule has 3 nitrogen and oxygen atoms in total. The number of carbonyl (C=O) groups excluding carboxylic acids is 1. The van der Waals surface area contributed by atoms with E-state index >= 15 is 0 Å². The third kappa shape index (κ3) is 4.40. The van der Waals surface area contributed by atoms with E-state index in [2.05, 4.69) is 95.0 Å². The van der Waals surface area contributed by atoms with Gasteiger partial charge >= 0.3 is 0 Å². The van der Waals surface area contributed by atoms with E-state index in [-0.39, 0.29) is 16.4 Å². The first-order chi connectivity index (χ1) is 13.6. The molecule has 1 atom stereocenters. The summed E-state index contributed by atoms with van der Waals surface area (Å²) in [5.41, 5.74) is 0.0216. The molecule has 1 fully saturated rings. The van der Waals surface area contributed by atoms with Gasteiger partial charge in [-0.05, 0) is 36.2 Å². The Morgan fingerprint density at radius 2 is 1.34 bits per heavy atom. The predicted octanol–water partition coefficient (Wildman–Crippen LogP) is 4.00. The van der Waals surface area contributed by atoms with Crippen LogP contribution in [0.15, 0.2) is 60.7 Å². The predicted molar refractivity (Wildman–Crippen MR) is 123 cm³/mol. The minimum absolute atomic E-state index is 0.0216. The Morgan fingerprint density at radius 3 is 1.76 bits per heavy atom. The van der Waals surface area contributed by atoms with Crippen molar-refractivity contribution < 1.29 is 9.22 Å². The molecule has 0 aliphatic carbocycles. The van der Waals surface area contributed by atoms with Crippen molar-refractivity contribution in [3.8, 4) is 0 Å². The quantitative estimate of drug-likeness (QED) is 0.715. The minimum Gasteiger partial charge on any atom is -0.396 e. The van der Waals surface area contributed by atoms with Crippen LogP contribution in [0.25, 0.3) is 0 Å². The number of nitrogens with zero attached hydrogens (tertiary/aromatic N) is 1. The first-order valence-electron chi connectivity index (χ1n) is 10.6. The monoisotopic (exact) mass is 409 g/mol. The molecule has 156 valence electrons. The molecule has 0 N–H and O–H groups in total. The van der Waals surface area contributed by atoms with Crippen molar-refractivity contribution in [1.29, 1.82) is 0 Å². The molecule has 0 bridgehead atoms. The second kappa shape index (κ2) is 8.17. The van der Waals surface area contributed by atoms with Gasteiger partial charge in [0.15, 0.2) is 5.78 Å². The molecule has 1 saturated heterocycles. The van der Waals surface area contributed by atoms with Crippen LogP contribution in [0.4, 0.5) is 0 Å².